The number of hydrogen-bond donors (Lipinski definition) is 3. The van der Waals surface area contributed by atoms with Crippen LogP contribution in [0.1, 0.15) is 31.2 Å². The Morgan fingerprint density at radius 1 is 1.21 bits per heavy atom. The lowest BCUT2D eigenvalue weighted by molar-refractivity contribution is 0.117. The van der Waals surface area contributed by atoms with Crippen molar-refractivity contribution in [3.05, 3.63) is 48.3 Å². The minimum atomic E-state index is -0.202. The van der Waals surface area contributed by atoms with Gasteiger partial charge in [0.25, 0.3) is 0 Å². The molecule has 1 saturated carbocycles. The van der Waals surface area contributed by atoms with E-state index in [1.807, 2.05) is 47.4 Å². The molecular formula is C18H24N4O2. The van der Waals surface area contributed by atoms with Crippen LogP contribution in [0.2, 0.25) is 0 Å². The number of benzene rings is 1. The number of nitrogens with one attached hydrogen (secondary N) is 2. The Morgan fingerprint density at radius 3 is 2.71 bits per heavy atom. The molecule has 2 amide bonds. The minimum Gasteiger partial charge on any atom is -0.393 e. The summed E-state index contributed by atoms with van der Waals surface area (Å²) in [5, 5.41) is 19.7. The topological polar surface area (TPSA) is 79.2 Å². The number of aliphatic hydroxyl groups is 1. The van der Waals surface area contributed by atoms with Crippen LogP contribution in [-0.2, 0) is 6.42 Å². The first-order chi connectivity index (χ1) is 11.7. The molecule has 1 aliphatic rings. The highest BCUT2D eigenvalue weighted by Gasteiger charge is 2.20. The Kier molecular flexibility index (Phi) is 5.48. The zero-order chi connectivity index (χ0) is 16.8. The second-order valence-electron chi connectivity index (χ2n) is 6.28. The number of amides is 2. The van der Waals surface area contributed by atoms with Crippen LogP contribution in [0.3, 0.4) is 0 Å². The van der Waals surface area contributed by atoms with Crippen molar-refractivity contribution in [2.75, 3.05) is 6.54 Å². The van der Waals surface area contributed by atoms with Gasteiger partial charge in [0.2, 0.25) is 0 Å². The molecule has 0 spiro atoms. The van der Waals surface area contributed by atoms with Gasteiger partial charge in [-0.15, -0.1) is 0 Å². The second-order valence-corrected chi connectivity index (χ2v) is 6.28. The quantitative estimate of drug-likeness (QED) is 0.785. The largest absolute Gasteiger partial charge is 0.393 e. The lowest BCUT2D eigenvalue weighted by Gasteiger charge is -2.26. The number of rotatable bonds is 5. The van der Waals surface area contributed by atoms with E-state index in [9.17, 15) is 9.90 Å². The Balaban J connectivity index is 1.40. The van der Waals surface area contributed by atoms with Gasteiger partial charge in [-0.1, -0.05) is 18.2 Å². The van der Waals surface area contributed by atoms with Gasteiger partial charge >= 0.3 is 6.03 Å². The maximum Gasteiger partial charge on any atom is 0.315 e. The normalized spacial score (nSPS) is 20.5. The monoisotopic (exact) mass is 328 g/mol. The van der Waals surface area contributed by atoms with Crippen LogP contribution < -0.4 is 10.6 Å². The van der Waals surface area contributed by atoms with E-state index in [-0.39, 0.29) is 18.2 Å². The van der Waals surface area contributed by atoms with Crippen LogP contribution >= 0.6 is 0 Å². The van der Waals surface area contributed by atoms with Crippen molar-refractivity contribution >= 4 is 6.03 Å². The smallest absolute Gasteiger partial charge is 0.315 e. The summed E-state index contributed by atoms with van der Waals surface area (Å²) >= 11 is 0. The van der Waals surface area contributed by atoms with E-state index >= 15 is 0 Å². The van der Waals surface area contributed by atoms with Gasteiger partial charge in [-0.3, -0.25) is 0 Å². The fourth-order valence-corrected chi connectivity index (χ4v) is 2.99. The molecule has 6 nitrogen and oxygen atoms in total. The predicted molar refractivity (Wildman–Crippen MR) is 92.1 cm³/mol. The Labute approximate surface area is 141 Å². The van der Waals surface area contributed by atoms with Gasteiger partial charge in [0.05, 0.1) is 18.0 Å². The average Bonchev–Trinajstić information content (AvgIpc) is 3.07. The highest BCUT2D eigenvalue weighted by molar-refractivity contribution is 5.74. The van der Waals surface area contributed by atoms with Crippen LogP contribution in [0.25, 0.3) is 5.69 Å². The van der Waals surface area contributed by atoms with Crippen LogP contribution in [0.15, 0.2) is 42.7 Å². The molecule has 0 bridgehead atoms. The molecule has 24 heavy (non-hydrogen) atoms. The van der Waals surface area contributed by atoms with E-state index in [1.54, 1.807) is 0 Å². The van der Waals surface area contributed by atoms with Crippen molar-refractivity contribution in [3.63, 3.8) is 0 Å². The van der Waals surface area contributed by atoms with Crippen LogP contribution in [0.5, 0.6) is 0 Å². The van der Waals surface area contributed by atoms with Crippen molar-refractivity contribution < 1.29 is 9.90 Å². The summed E-state index contributed by atoms with van der Waals surface area (Å²) in [4.78, 5) is 11.9. The molecule has 0 unspecified atom stereocenters. The first-order valence-electron chi connectivity index (χ1n) is 8.52. The maximum absolute atomic E-state index is 11.9. The minimum absolute atomic E-state index is 0.133. The number of aromatic nitrogens is 2. The molecule has 6 heteroatoms. The summed E-state index contributed by atoms with van der Waals surface area (Å²) in [6.45, 7) is 0.571. The third kappa shape index (κ3) is 4.58. The first-order valence-corrected chi connectivity index (χ1v) is 8.52. The average molecular weight is 328 g/mol. The molecule has 0 saturated heterocycles. The summed E-state index contributed by atoms with van der Waals surface area (Å²) in [6, 6.07) is 9.98. The summed E-state index contributed by atoms with van der Waals surface area (Å²) in [6.07, 6.45) is 7.58. The molecule has 1 aliphatic carbocycles. The molecule has 0 aliphatic heterocycles. The molecule has 0 atom stereocenters. The summed E-state index contributed by atoms with van der Waals surface area (Å²) in [5.41, 5.74) is 2.11. The lowest BCUT2D eigenvalue weighted by Crippen LogP contribution is -2.44. The zero-order valence-electron chi connectivity index (χ0n) is 13.7. The number of urea groups is 1. The van der Waals surface area contributed by atoms with Crippen LogP contribution in [0.4, 0.5) is 4.79 Å². The van der Waals surface area contributed by atoms with Gasteiger partial charge in [0.1, 0.15) is 0 Å². The molecule has 3 N–H and O–H groups in total. The van der Waals surface area contributed by atoms with E-state index in [0.717, 1.165) is 43.4 Å². The van der Waals surface area contributed by atoms with Crippen LogP contribution in [0, 0.1) is 0 Å². The molecule has 2 aromatic rings. The van der Waals surface area contributed by atoms with Crippen molar-refractivity contribution in [1.82, 2.24) is 20.4 Å². The number of carbonyl (C=O) groups excluding carboxylic acids is 1. The first kappa shape index (κ1) is 16.5. The number of carbonyl (C=O) groups is 1. The van der Waals surface area contributed by atoms with E-state index in [1.165, 1.54) is 0 Å². The van der Waals surface area contributed by atoms with Crippen molar-refractivity contribution in [3.8, 4) is 5.69 Å². The molecule has 0 radical (unpaired) electrons. The van der Waals surface area contributed by atoms with E-state index in [4.69, 9.17) is 0 Å². The fourth-order valence-electron chi connectivity index (χ4n) is 2.99. The third-order valence-electron chi connectivity index (χ3n) is 4.39. The molecule has 128 valence electrons. The molecule has 3 rings (SSSR count). The standard InChI is InChI=1S/C18H24N4O2/c23-17-8-6-15(7-9-17)21-18(24)19-11-10-14-12-20-22(13-14)16-4-2-1-3-5-16/h1-5,12-13,15,17,23H,6-11H2,(H2,19,21,24). The summed E-state index contributed by atoms with van der Waals surface area (Å²) in [5.74, 6) is 0. The zero-order valence-corrected chi connectivity index (χ0v) is 13.7. The van der Waals surface area contributed by atoms with Gasteiger partial charge in [-0.05, 0) is 49.8 Å². The van der Waals surface area contributed by atoms with Crippen molar-refractivity contribution in [2.24, 2.45) is 0 Å². The van der Waals surface area contributed by atoms with Gasteiger partial charge in [-0.2, -0.15) is 5.10 Å². The molecule has 1 aromatic carbocycles. The molecule has 1 heterocycles. The summed E-state index contributed by atoms with van der Waals surface area (Å²) in [7, 11) is 0. The van der Waals surface area contributed by atoms with Gasteiger partial charge in [0, 0.05) is 18.8 Å². The SMILES string of the molecule is O=C(NCCc1cnn(-c2ccccc2)c1)NC1CCC(O)CC1. The maximum atomic E-state index is 11.9. The predicted octanol–water partition coefficient (Wildman–Crippen LogP) is 2.02. The Hall–Kier alpha value is -2.34. The van der Waals surface area contributed by atoms with Gasteiger partial charge in [-0.25, -0.2) is 9.48 Å². The number of para-hydroxylation sites is 1. The lowest BCUT2D eigenvalue weighted by atomic mass is 9.93. The molecule has 1 fully saturated rings. The molecule has 1 aromatic heterocycles. The number of aliphatic hydroxyl groups excluding tert-OH is 1. The van der Waals surface area contributed by atoms with Crippen molar-refractivity contribution in [1.29, 1.82) is 0 Å². The van der Waals surface area contributed by atoms with E-state index in [2.05, 4.69) is 15.7 Å². The third-order valence-corrected chi connectivity index (χ3v) is 4.39. The Morgan fingerprint density at radius 2 is 1.96 bits per heavy atom. The summed E-state index contributed by atoms with van der Waals surface area (Å²) < 4.78 is 1.84. The second kappa shape index (κ2) is 7.97. The molecular weight excluding hydrogens is 304 g/mol. The van der Waals surface area contributed by atoms with E-state index < -0.39 is 0 Å². The van der Waals surface area contributed by atoms with Gasteiger partial charge < -0.3 is 15.7 Å². The van der Waals surface area contributed by atoms with Crippen LogP contribution in [-0.4, -0.2) is 39.6 Å². The highest BCUT2D eigenvalue weighted by atomic mass is 16.3. The van der Waals surface area contributed by atoms with Crippen molar-refractivity contribution in [2.45, 2.75) is 44.2 Å². The van der Waals surface area contributed by atoms with E-state index in [0.29, 0.717) is 6.54 Å². The van der Waals surface area contributed by atoms with Gasteiger partial charge in [0.15, 0.2) is 0 Å². The fraction of sp³-hybridized carbons (Fsp3) is 0.444. The highest BCUT2D eigenvalue weighted by Crippen LogP contribution is 2.18. The Bertz CT molecular complexity index is 648. The number of nitrogens with zero attached hydrogens (tertiary/aromatic N) is 2. The number of hydrogen-bond acceptors (Lipinski definition) is 3.